The Bertz CT molecular complexity index is 1370. The number of hydrogen-bond donors (Lipinski definition) is 1. The molecular weight excluding hydrogens is 468 g/mol. The molecule has 0 atom stereocenters. The Labute approximate surface area is 203 Å². The maximum atomic E-state index is 13.4. The summed E-state index contributed by atoms with van der Waals surface area (Å²) in [6.45, 7) is 3.62. The minimum atomic E-state index is -3.96. The van der Waals surface area contributed by atoms with Crippen molar-refractivity contribution in [1.29, 1.82) is 0 Å². The lowest BCUT2D eigenvalue weighted by Gasteiger charge is -2.24. The van der Waals surface area contributed by atoms with E-state index in [4.69, 9.17) is 0 Å². The maximum Gasteiger partial charge on any atom is 0.264 e. The van der Waals surface area contributed by atoms with Crippen molar-refractivity contribution in [1.82, 2.24) is 10.2 Å². The van der Waals surface area contributed by atoms with Gasteiger partial charge in [-0.2, -0.15) is 0 Å². The van der Waals surface area contributed by atoms with Gasteiger partial charge < -0.3 is 0 Å². The minimum absolute atomic E-state index is 0.111. The molecule has 0 aliphatic rings. The van der Waals surface area contributed by atoms with Crippen molar-refractivity contribution in [2.24, 2.45) is 0 Å². The van der Waals surface area contributed by atoms with E-state index in [-0.39, 0.29) is 4.90 Å². The van der Waals surface area contributed by atoms with Crippen molar-refractivity contribution in [2.45, 2.75) is 25.2 Å². The van der Waals surface area contributed by atoms with Crippen LogP contribution in [0.5, 0.6) is 0 Å². The van der Waals surface area contributed by atoms with Gasteiger partial charge in [0.1, 0.15) is 11.6 Å². The quantitative estimate of drug-likeness (QED) is 0.377. The molecule has 0 aliphatic heterocycles. The van der Waals surface area contributed by atoms with Crippen molar-refractivity contribution < 1.29 is 13.2 Å². The fraction of sp³-hybridized carbons (Fsp3) is 0.160. The standard InChI is InChI=1S/C25H24N4O3S2/c1-3-19-11-15-21(16-12-19)29(34(31,32)22-7-5-4-6-8-22)17-23(30)26-25-28-27-24(33-25)20-13-9-18(2)10-14-20/h4-16H,3,17H2,1-2H3,(H,26,28,30). The monoisotopic (exact) mass is 492 g/mol. The van der Waals surface area contributed by atoms with Gasteiger partial charge in [-0.25, -0.2) is 8.42 Å². The predicted octanol–water partition coefficient (Wildman–Crippen LogP) is 4.91. The first-order chi connectivity index (χ1) is 16.4. The largest absolute Gasteiger partial charge is 0.299 e. The van der Waals surface area contributed by atoms with Crippen molar-refractivity contribution in [2.75, 3.05) is 16.2 Å². The van der Waals surface area contributed by atoms with Crippen molar-refractivity contribution in [3.05, 3.63) is 90.0 Å². The third-order valence-corrected chi connectivity index (χ3v) is 7.90. The van der Waals surface area contributed by atoms with Gasteiger partial charge in [0.05, 0.1) is 10.6 Å². The number of aromatic nitrogens is 2. The number of hydrogen-bond acceptors (Lipinski definition) is 6. The zero-order valence-corrected chi connectivity index (χ0v) is 20.4. The first-order valence-corrected chi connectivity index (χ1v) is 13.0. The third-order valence-electron chi connectivity index (χ3n) is 5.22. The van der Waals surface area contributed by atoms with Crippen LogP contribution in [0.2, 0.25) is 0 Å². The second-order valence-electron chi connectivity index (χ2n) is 7.67. The summed E-state index contributed by atoms with van der Waals surface area (Å²) in [6, 6.07) is 23.1. The molecule has 0 unspecified atom stereocenters. The van der Waals surface area contributed by atoms with Gasteiger partial charge in [-0.3, -0.25) is 14.4 Å². The van der Waals surface area contributed by atoms with E-state index in [9.17, 15) is 13.2 Å². The number of amides is 1. The number of carbonyl (C=O) groups is 1. The van der Waals surface area contributed by atoms with Gasteiger partial charge in [0.25, 0.3) is 10.0 Å². The highest BCUT2D eigenvalue weighted by Gasteiger charge is 2.27. The molecule has 9 heteroatoms. The van der Waals surface area contributed by atoms with Crippen LogP contribution in [-0.4, -0.2) is 31.1 Å². The van der Waals surface area contributed by atoms with Crippen molar-refractivity contribution in [3.8, 4) is 10.6 Å². The first-order valence-electron chi connectivity index (χ1n) is 10.7. The second-order valence-corrected chi connectivity index (χ2v) is 10.5. The van der Waals surface area contributed by atoms with Crippen molar-refractivity contribution in [3.63, 3.8) is 0 Å². The van der Waals surface area contributed by atoms with Gasteiger partial charge in [-0.15, -0.1) is 10.2 Å². The van der Waals surface area contributed by atoms with Crippen molar-refractivity contribution >= 4 is 38.1 Å². The summed E-state index contributed by atoms with van der Waals surface area (Å²) in [7, 11) is -3.96. The van der Waals surface area contributed by atoms with Gasteiger partial charge >= 0.3 is 0 Å². The van der Waals surface area contributed by atoms with Crippen LogP contribution in [0.1, 0.15) is 18.1 Å². The Morgan fingerprint density at radius 2 is 1.62 bits per heavy atom. The highest BCUT2D eigenvalue weighted by Crippen LogP contribution is 2.27. The van der Waals surface area contributed by atoms with E-state index in [1.165, 1.54) is 23.5 Å². The van der Waals surface area contributed by atoms with Crippen LogP contribution >= 0.6 is 11.3 Å². The fourth-order valence-electron chi connectivity index (χ4n) is 3.31. The van der Waals surface area contributed by atoms with E-state index in [2.05, 4.69) is 15.5 Å². The first kappa shape index (κ1) is 23.6. The highest BCUT2D eigenvalue weighted by atomic mass is 32.2. The molecule has 1 amide bonds. The molecule has 1 N–H and O–H groups in total. The number of aryl methyl sites for hydroxylation is 2. The molecule has 0 fully saturated rings. The molecule has 0 spiro atoms. The molecule has 1 heterocycles. The van der Waals surface area contributed by atoms with Crippen LogP contribution in [0, 0.1) is 6.92 Å². The third kappa shape index (κ3) is 5.32. The molecule has 7 nitrogen and oxygen atoms in total. The Morgan fingerprint density at radius 3 is 2.26 bits per heavy atom. The summed E-state index contributed by atoms with van der Waals surface area (Å²) in [5.74, 6) is -0.509. The van der Waals surface area contributed by atoms with Crippen LogP contribution in [-0.2, 0) is 21.2 Å². The van der Waals surface area contributed by atoms with Gasteiger partial charge in [-0.05, 0) is 43.2 Å². The molecule has 4 aromatic rings. The number of carbonyl (C=O) groups excluding carboxylic acids is 1. The Kier molecular flexibility index (Phi) is 7.04. The summed E-state index contributed by atoms with van der Waals surface area (Å²) in [5.41, 5.74) is 3.51. The lowest BCUT2D eigenvalue weighted by Crippen LogP contribution is -2.38. The highest BCUT2D eigenvalue weighted by molar-refractivity contribution is 7.92. The molecule has 3 aromatic carbocycles. The normalized spacial score (nSPS) is 11.2. The number of sulfonamides is 1. The Hall–Kier alpha value is -3.56. The lowest BCUT2D eigenvalue weighted by molar-refractivity contribution is -0.114. The van der Waals surface area contributed by atoms with Gasteiger partial charge in [0.15, 0.2) is 0 Å². The van der Waals surface area contributed by atoms with Crippen LogP contribution in [0.3, 0.4) is 0 Å². The summed E-state index contributed by atoms with van der Waals surface area (Å²) in [6.07, 6.45) is 0.826. The molecule has 174 valence electrons. The SMILES string of the molecule is CCc1ccc(N(CC(=O)Nc2nnc(-c3ccc(C)cc3)s2)S(=O)(=O)c2ccccc2)cc1. The fourth-order valence-corrected chi connectivity index (χ4v) is 5.52. The van der Waals surface area contributed by atoms with Crippen LogP contribution in [0.15, 0.2) is 83.8 Å². The molecule has 1 aromatic heterocycles. The lowest BCUT2D eigenvalue weighted by atomic mass is 10.1. The molecule has 0 bridgehead atoms. The van der Waals surface area contributed by atoms with E-state index >= 15 is 0 Å². The molecule has 4 rings (SSSR count). The molecular formula is C25H24N4O3S2. The molecule has 0 saturated carbocycles. The maximum absolute atomic E-state index is 13.4. The minimum Gasteiger partial charge on any atom is -0.299 e. The summed E-state index contributed by atoms with van der Waals surface area (Å²) in [4.78, 5) is 13.0. The zero-order valence-electron chi connectivity index (χ0n) is 18.8. The number of benzene rings is 3. The molecule has 0 radical (unpaired) electrons. The van der Waals surface area contributed by atoms with Crippen LogP contribution in [0.25, 0.3) is 10.6 Å². The van der Waals surface area contributed by atoms with E-state index in [0.717, 1.165) is 27.4 Å². The number of nitrogens with zero attached hydrogens (tertiary/aromatic N) is 3. The van der Waals surface area contributed by atoms with Gasteiger partial charge in [0, 0.05) is 5.56 Å². The molecule has 0 saturated heterocycles. The number of nitrogens with one attached hydrogen (secondary N) is 1. The number of anilines is 2. The average molecular weight is 493 g/mol. The van der Waals surface area contributed by atoms with E-state index in [1.807, 2.05) is 50.2 Å². The second kappa shape index (κ2) is 10.1. The van der Waals surface area contributed by atoms with Gasteiger partial charge in [0.2, 0.25) is 11.0 Å². The smallest absolute Gasteiger partial charge is 0.264 e. The number of rotatable bonds is 8. The Balaban J connectivity index is 1.57. The molecule has 0 aliphatic carbocycles. The van der Waals surface area contributed by atoms with Crippen LogP contribution in [0.4, 0.5) is 10.8 Å². The zero-order chi connectivity index (χ0) is 24.1. The summed E-state index contributed by atoms with van der Waals surface area (Å²) >= 11 is 1.23. The topological polar surface area (TPSA) is 92.3 Å². The van der Waals surface area contributed by atoms with Gasteiger partial charge in [-0.1, -0.05) is 78.4 Å². The summed E-state index contributed by atoms with van der Waals surface area (Å²) < 4.78 is 27.9. The van der Waals surface area contributed by atoms with E-state index in [0.29, 0.717) is 15.8 Å². The summed E-state index contributed by atoms with van der Waals surface area (Å²) in [5, 5.41) is 11.9. The average Bonchev–Trinajstić information content (AvgIpc) is 3.32. The predicted molar refractivity (Wildman–Crippen MR) is 136 cm³/mol. The molecule has 34 heavy (non-hydrogen) atoms. The van der Waals surface area contributed by atoms with Crippen LogP contribution < -0.4 is 9.62 Å². The van der Waals surface area contributed by atoms with E-state index < -0.39 is 22.5 Å². The Morgan fingerprint density at radius 1 is 0.941 bits per heavy atom. The van der Waals surface area contributed by atoms with E-state index in [1.54, 1.807) is 30.3 Å².